The number of imide groups is 1. The fraction of sp³-hybridized carbons (Fsp3) is 0.0500. The second-order valence-electron chi connectivity index (χ2n) is 12.9. The first-order chi connectivity index (χ1) is 22.6. The van der Waals surface area contributed by atoms with Crippen LogP contribution in [0.1, 0.15) is 31.8 Å². The number of anilines is 1. The Hall–Kier alpha value is -6.14. The van der Waals surface area contributed by atoms with Gasteiger partial charge in [-0.05, 0) is 116 Å². The SMILES string of the molecule is O=C1c2cc3c4c5c(cc6c(=O)n7c8ccccc8nc7c7cc8ccc9cc(c2c4c9c8c5c67)C(=O)N1c1ccccc1)CC3. The summed E-state index contributed by atoms with van der Waals surface area (Å²) in [7, 11) is 0. The molecule has 1 aliphatic heterocycles. The Morgan fingerprint density at radius 1 is 0.543 bits per heavy atom. The number of imidazole rings is 1. The average molecular weight is 590 g/mol. The summed E-state index contributed by atoms with van der Waals surface area (Å²) in [5, 5.41) is 11.8. The zero-order valence-electron chi connectivity index (χ0n) is 24.1. The first kappa shape index (κ1) is 23.3. The summed E-state index contributed by atoms with van der Waals surface area (Å²) in [5.74, 6) is -0.591. The molecule has 212 valence electrons. The van der Waals surface area contributed by atoms with E-state index in [0.717, 1.165) is 94.3 Å². The lowest BCUT2D eigenvalue weighted by molar-refractivity contribution is 0.0893. The van der Waals surface area contributed by atoms with Crippen LogP contribution in [0.25, 0.3) is 81.3 Å². The third kappa shape index (κ3) is 2.38. The van der Waals surface area contributed by atoms with Crippen molar-refractivity contribution in [3.05, 3.63) is 124 Å². The maximum atomic E-state index is 14.4. The molecule has 6 heteroatoms. The van der Waals surface area contributed by atoms with Gasteiger partial charge in [-0.3, -0.25) is 18.8 Å². The molecule has 1 aliphatic carbocycles. The summed E-state index contributed by atoms with van der Waals surface area (Å²) in [6.45, 7) is 0. The molecule has 0 saturated carbocycles. The number of rotatable bonds is 1. The van der Waals surface area contributed by atoms with Gasteiger partial charge in [0.2, 0.25) is 0 Å². The van der Waals surface area contributed by atoms with E-state index in [9.17, 15) is 14.4 Å². The van der Waals surface area contributed by atoms with Crippen LogP contribution in [0, 0.1) is 0 Å². The number of carbonyl (C=O) groups is 2. The molecule has 0 fully saturated rings. The van der Waals surface area contributed by atoms with Gasteiger partial charge in [0.1, 0.15) is 5.65 Å². The van der Waals surface area contributed by atoms with Crippen LogP contribution in [0.5, 0.6) is 0 Å². The molecule has 0 saturated heterocycles. The smallest absolute Gasteiger partial charge is 0.266 e. The van der Waals surface area contributed by atoms with Crippen molar-refractivity contribution in [2.45, 2.75) is 12.8 Å². The molecule has 3 heterocycles. The number of pyridine rings is 1. The lowest BCUT2D eigenvalue weighted by Gasteiger charge is -2.32. The van der Waals surface area contributed by atoms with Crippen LogP contribution in [0.15, 0.2) is 95.8 Å². The number of nitrogens with zero attached hydrogens (tertiary/aromatic N) is 3. The Kier molecular flexibility index (Phi) is 3.73. The predicted octanol–water partition coefficient (Wildman–Crippen LogP) is 7.98. The quantitative estimate of drug-likeness (QED) is 0.111. The Morgan fingerprint density at radius 3 is 1.98 bits per heavy atom. The van der Waals surface area contributed by atoms with Gasteiger partial charge in [-0.2, -0.15) is 0 Å². The lowest BCUT2D eigenvalue weighted by atomic mass is 9.75. The van der Waals surface area contributed by atoms with Crippen LogP contribution in [0.2, 0.25) is 0 Å². The fourth-order valence-electron chi connectivity index (χ4n) is 9.00. The highest BCUT2D eigenvalue weighted by molar-refractivity contribution is 6.48. The highest BCUT2D eigenvalue weighted by Gasteiger charge is 2.38. The molecule has 0 unspecified atom stereocenters. The van der Waals surface area contributed by atoms with Gasteiger partial charge in [-0.25, -0.2) is 9.88 Å². The number of fused-ring (bicyclic) bond motifs is 4. The second kappa shape index (κ2) is 7.38. The first-order valence-electron chi connectivity index (χ1n) is 15.6. The van der Waals surface area contributed by atoms with E-state index < -0.39 is 0 Å². The minimum absolute atomic E-state index is 0.0513. The molecule has 0 N–H and O–H groups in total. The first-order valence-corrected chi connectivity index (χ1v) is 15.6. The van der Waals surface area contributed by atoms with Crippen LogP contribution in [0.4, 0.5) is 5.69 Å². The number of aryl methyl sites for hydroxylation is 2. The van der Waals surface area contributed by atoms with E-state index in [4.69, 9.17) is 4.98 Å². The molecule has 8 aromatic carbocycles. The van der Waals surface area contributed by atoms with Crippen molar-refractivity contribution in [3.63, 3.8) is 0 Å². The van der Waals surface area contributed by atoms with Crippen LogP contribution in [0.3, 0.4) is 0 Å². The van der Waals surface area contributed by atoms with Crippen molar-refractivity contribution >= 4 is 98.8 Å². The highest BCUT2D eigenvalue weighted by atomic mass is 16.2. The van der Waals surface area contributed by atoms with E-state index in [1.165, 1.54) is 4.90 Å². The summed E-state index contributed by atoms with van der Waals surface area (Å²) in [6, 6.07) is 29.5. The van der Waals surface area contributed by atoms with Crippen LogP contribution < -0.4 is 10.5 Å². The number of benzene rings is 8. The summed E-state index contributed by atoms with van der Waals surface area (Å²) in [6.07, 6.45) is 1.50. The Morgan fingerprint density at radius 2 is 1.20 bits per heavy atom. The standard InChI is InChI=1S/C40H19N3O3/c44-38-25-16-20-11-10-18-14-23-33-24(40(46)43-28-9-5-4-8-27(28)41-37(23)43)15-19-12-13-21-17-26(39(45)42(38)22-6-2-1-3-7-22)34(25)36-31(20)29(18)35(33)30(19)32(21)36/h1-11,14-17H,12-13H2. The fourth-order valence-corrected chi connectivity index (χ4v) is 9.00. The molecule has 2 amide bonds. The van der Waals surface area contributed by atoms with Crippen molar-refractivity contribution in [1.82, 2.24) is 9.38 Å². The summed E-state index contributed by atoms with van der Waals surface area (Å²) in [4.78, 5) is 49.1. The number of aromatic nitrogens is 2. The van der Waals surface area contributed by atoms with Gasteiger partial charge < -0.3 is 0 Å². The second-order valence-corrected chi connectivity index (χ2v) is 12.9. The topological polar surface area (TPSA) is 71.7 Å². The maximum absolute atomic E-state index is 14.4. The Balaban J connectivity index is 1.34. The minimum atomic E-state index is -0.303. The number of amides is 2. The number of hydrogen-bond donors (Lipinski definition) is 0. The average Bonchev–Trinajstić information content (AvgIpc) is 3.49. The van der Waals surface area contributed by atoms with Crippen LogP contribution in [-0.2, 0) is 12.8 Å². The number of carbonyl (C=O) groups excluding carboxylic acids is 2. The maximum Gasteiger partial charge on any atom is 0.266 e. The zero-order valence-corrected chi connectivity index (χ0v) is 24.1. The molecule has 0 atom stereocenters. The van der Waals surface area contributed by atoms with Gasteiger partial charge >= 0.3 is 0 Å². The molecule has 0 bridgehead atoms. The van der Waals surface area contributed by atoms with Gasteiger partial charge in [0.05, 0.1) is 16.7 Å². The zero-order chi connectivity index (χ0) is 30.2. The van der Waals surface area contributed by atoms with E-state index in [1.807, 2.05) is 66.7 Å². The summed E-state index contributed by atoms with van der Waals surface area (Å²) >= 11 is 0. The Bertz CT molecular complexity index is 3140. The normalized spacial score (nSPS) is 14.9. The van der Waals surface area contributed by atoms with Crippen molar-refractivity contribution in [2.24, 2.45) is 0 Å². The Labute approximate surface area is 258 Å². The molecule has 12 rings (SSSR count). The van der Waals surface area contributed by atoms with Gasteiger partial charge in [0.25, 0.3) is 17.4 Å². The third-order valence-corrected chi connectivity index (χ3v) is 10.8. The molecule has 2 aromatic heterocycles. The molecule has 46 heavy (non-hydrogen) atoms. The largest absolute Gasteiger partial charge is 0.268 e. The molecule has 0 radical (unpaired) electrons. The van der Waals surface area contributed by atoms with E-state index in [2.05, 4.69) is 24.3 Å². The molecule has 2 aliphatic rings. The molecule has 0 spiro atoms. The van der Waals surface area contributed by atoms with Crippen molar-refractivity contribution in [2.75, 3.05) is 4.90 Å². The van der Waals surface area contributed by atoms with Crippen molar-refractivity contribution < 1.29 is 9.59 Å². The monoisotopic (exact) mass is 589 g/mol. The number of para-hydroxylation sites is 3. The van der Waals surface area contributed by atoms with Gasteiger partial charge in [0, 0.05) is 32.7 Å². The summed E-state index contributed by atoms with van der Waals surface area (Å²) in [5.41, 5.74) is 6.17. The molecule has 10 aromatic rings. The van der Waals surface area contributed by atoms with Crippen LogP contribution in [-0.4, -0.2) is 21.2 Å². The van der Waals surface area contributed by atoms with Crippen molar-refractivity contribution in [1.29, 1.82) is 0 Å². The number of hydrogen-bond acceptors (Lipinski definition) is 4. The molecular formula is C40H19N3O3. The van der Waals surface area contributed by atoms with E-state index >= 15 is 0 Å². The predicted molar refractivity (Wildman–Crippen MR) is 183 cm³/mol. The highest BCUT2D eigenvalue weighted by Crippen LogP contribution is 2.53. The third-order valence-electron chi connectivity index (χ3n) is 10.8. The van der Waals surface area contributed by atoms with E-state index in [-0.39, 0.29) is 17.4 Å². The van der Waals surface area contributed by atoms with E-state index in [0.29, 0.717) is 27.8 Å². The lowest BCUT2D eigenvalue weighted by Crippen LogP contribution is -2.40. The van der Waals surface area contributed by atoms with Gasteiger partial charge in [0.15, 0.2) is 0 Å². The van der Waals surface area contributed by atoms with Crippen LogP contribution >= 0.6 is 0 Å². The molecular weight excluding hydrogens is 570 g/mol. The van der Waals surface area contributed by atoms with Crippen molar-refractivity contribution in [3.8, 4) is 0 Å². The molecule has 6 nitrogen and oxygen atoms in total. The van der Waals surface area contributed by atoms with Gasteiger partial charge in [-0.1, -0.05) is 42.5 Å². The van der Waals surface area contributed by atoms with Gasteiger partial charge in [-0.15, -0.1) is 0 Å². The minimum Gasteiger partial charge on any atom is -0.268 e. The van der Waals surface area contributed by atoms with E-state index in [1.54, 1.807) is 4.40 Å². The summed E-state index contributed by atoms with van der Waals surface area (Å²) < 4.78 is 1.78.